The van der Waals surface area contributed by atoms with E-state index >= 15 is 0 Å². The van der Waals surface area contributed by atoms with Crippen molar-refractivity contribution >= 4 is 17.8 Å². The Bertz CT molecular complexity index is 774. The second kappa shape index (κ2) is 9.47. The van der Waals surface area contributed by atoms with E-state index in [-0.39, 0.29) is 36.2 Å². The number of carboxylic acid groups (broad SMARTS) is 1. The SMILES string of the molecule is CC1CCC(C(=O)O)N1C(=O)CNC(=O)CCCOc1ccc(C2(C)COC2)cc1. The van der Waals surface area contributed by atoms with Gasteiger partial charge in [-0.1, -0.05) is 19.1 Å². The molecule has 8 heteroatoms. The number of likely N-dealkylation sites (tertiary alicyclic amines) is 1. The summed E-state index contributed by atoms with van der Waals surface area (Å²) < 4.78 is 11.0. The quantitative estimate of drug-likeness (QED) is 0.592. The zero-order chi connectivity index (χ0) is 21.7. The minimum absolute atomic E-state index is 0.0887. The molecule has 2 fully saturated rings. The van der Waals surface area contributed by atoms with Crippen LogP contribution < -0.4 is 10.1 Å². The first-order valence-corrected chi connectivity index (χ1v) is 10.4. The third-order valence-corrected chi connectivity index (χ3v) is 5.89. The van der Waals surface area contributed by atoms with Crippen molar-refractivity contribution in [3.63, 3.8) is 0 Å². The molecule has 2 aliphatic rings. The van der Waals surface area contributed by atoms with Crippen LogP contribution in [0.5, 0.6) is 5.75 Å². The van der Waals surface area contributed by atoms with Crippen molar-refractivity contribution in [2.45, 2.75) is 57.0 Å². The lowest BCUT2D eigenvalue weighted by atomic mass is 9.81. The largest absolute Gasteiger partial charge is 0.494 e. The lowest BCUT2D eigenvalue weighted by Gasteiger charge is -2.38. The summed E-state index contributed by atoms with van der Waals surface area (Å²) in [7, 11) is 0. The maximum absolute atomic E-state index is 12.3. The van der Waals surface area contributed by atoms with Gasteiger partial charge in [-0.2, -0.15) is 0 Å². The highest BCUT2D eigenvalue weighted by Gasteiger charge is 2.38. The highest BCUT2D eigenvalue weighted by Crippen LogP contribution is 2.32. The van der Waals surface area contributed by atoms with Crippen molar-refractivity contribution in [3.8, 4) is 5.75 Å². The zero-order valence-electron chi connectivity index (χ0n) is 17.6. The van der Waals surface area contributed by atoms with Gasteiger partial charge in [0.15, 0.2) is 0 Å². The number of carbonyl (C=O) groups excluding carboxylic acids is 2. The van der Waals surface area contributed by atoms with Crippen LogP contribution in [0.3, 0.4) is 0 Å². The fraction of sp³-hybridized carbons (Fsp3) is 0.591. The molecule has 0 aromatic heterocycles. The molecule has 0 spiro atoms. The van der Waals surface area contributed by atoms with E-state index in [4.69, 9.17) is 9.47 Å². The zero-order valence-corrected chi connectivity index (χ0v) is 17.6. The summed E-state index contributed by atoms with van der Waals surface area (Å²) in [5, 5.41) is 11.8. The van der Waals surface area contributed by atoms with E-state index in [0.29, 0.717) is 25.9 Å². The Hall–Kier alpha value is -2.61. The number of hydrogen-bond acceptors (Lipinski definition) is 5. The van der Waals surface area contributed by atoms with Crippen LogP contribution >= 0.6 is 0 Å². The van der Waals surface area contributed by atoms with E-state index in [1.54, 1.807) is 0 Å². The molecule has 2 N–H and O–H groups in total. The van der Waals surface area contributed by atoms with Gasteiger partial charge in [-0.3, -0.25) is 9.59 Å². The molecule has 0 aliphatic carbocycles. The molecule has 2 atom stereocenters. The molecule has 2 aliphatic heterocycles. The molecule has 2 saturated heterocycles. The number of carboxylic acids is 1. The fourth-order valence-electron chi connectivity index (χ4n) is 3.95. The van der Waals surface area contributed by atoms with Crippen molar-refractivity contribution in [1.82, 2.24) is 10.2 Å². The monoisotopic (exact) mass is 418 g/mol. The molecule has 3 rings (SSSR count). The van der Waals surface area contributed by atoms with E-state index in [0.717, 1.165) is 19.0 Å². The van der Waals surface area contributed by atoms with E-state index < -0.39 is 12.0 Å². The molecule has 2 amide bonds. The summed E-state index contributed by atoms with van der Waals surface area (Å²) in [4.78, 5) is 37.0. The number of benzene rings is 1. The maximum Gasteiger partial charge on any atom is 0.326 e. The van der Waals surface area contributed by atoms with Crippen LogP contribution in [0.15, 0.2) is 24.3 Å². The second-order valence-electron chi connectivity index (χ2n) is 8.39. The third-order valence-electron chi connectivity index (χ3n) is 5.89. The molecule has 0 radical (unpaired) electrons. The van der Waals surface area contributed by atoms with Crippen LogP contribution in [-0.2, 0) is 24.5 Å². The van der Waals surface area contributed by atoms with E-state index in [1.165, 1.54) is 10.5 Å². The van der Waals surface area contributed by atoms with E-state index in [1.807, 2.05) is 31.2 Å². The average molecular weight is 418 g/mol. The van der Waals surface area contributed by atoms with E-state index in [9.17, 15) is 19.5 Å². The highest BCUT2D eigenvalue weighted by molar-refractivity contribution is 5.88. The molecule has 2 unspecified atom stereocenters. The van der Waals surface area contributed by atoms with Gasteiger partial charge in [0.05, 0.1) is 26.4 Å². The van der Waals surface area contributed by atoms with Crippen molar-refractivity contribution in [1.29, 1.82) is 0 Å². The summed E-state index contributed by atoms with van der Waals surface area (Å²) in [5.41, 5.74) is 1.31. The number of hydrogen-bond donors (Lipinski definition) is 2. The van der Waals surface area contributed by atoms with Crippen molar-refractivity contribution in [3.05, 3.63) is 29.8 Å². The number of rotatable bonds is 9. The molecule has 1 aromatic carbocycles. The van der Waals surface area contributed by atoms with Gasteiger partial charge >= 0.3 is 5.97 Å². The molecular formula is C22H30N2O6. The molecule has 2 heterocycles. The number of nitrogens with one attached hydrogen (secondary N) is 1. The summed E-state index contributed by atoms with van der Waals surface area (Å²) >= 11 is 0. The van der Waals surface area contributed by atoms with E-state index in [2.05, 4.69) is 12.2 Å². The molecule has 30 heavy (non-hydrogen) atoms. The molecule has 8 nitrogen and oxygen atoms in total. The van der Waals surface area contributed by atoms with Crippen LogP contribution in [0.4, 0.5) is 0 Å². The Morgan fingerprint density at radius 2 is 1.93 bits per heavy atom. The van der Waals surface area contributed by atoms with Gasteiger partial charge in [0, 0.05) is 17.9 Å². The molecular weight excluding hydrogens is 388 g/mol. The molecule has 1 aromatic rings. The molecule has 164 valence electrons. The van der Waals surface area contributed by atoms with Crippen molar-refractivity contribution in [2.24, 2.45) is 0 Å². The minimum atomic E-state index is -1.00. The topological polar surface area (TPSA) is 105 Å². The van der Waals surface area contributed by atoms with Gasteiger partial charge in [-0.15, -0.1) is 0 Å². The normalized spacial score (nSPS) is 22.3. The van der Waals surface area contributed by atoms with Gasteiger partial charge in [-0.25, -0.2) is 4.79 Å². The van der Waals surface area contributed by atoms with Crippen LogP contribution in [-0.4, -0.2) is 66.2 Å². The highest BCUT2D eigenvalue weighted by atomic mass is 16.5. The number of carbonyl (C=O) groups is 3. The van der Waals surface area contributed by atoms with Gasteiger partial charge < -0.3 is 24.8 Å². The number of nitrogens with zero attached hydrogens (tertiary/aromatic N) is 1. The number of ether oxygens (including phenoxy) is 2. The Labute approximate surface area is 176 Å². The third kappa shape index (κ3) is 5.11. The number of aliphatic carboxylic acids is 1. The standard InChI is InChI=1S/C22H30N2O6/c1-15-5-10-18(21(27)28)24(15)20(26)12-23-19(25)4-3-11-30-17-8-6-16(7-9-17)22(2)13-29-14-22/h6-9,15,18H,3-5,10-14H2,1-2H3,(H,23,25)(H,27,28). The first kappa shape index (κ1) is 22.1. The maximum atomic E-state index is 12.3. The minimum Gasteiger partial charge on any atom is -0.494 e. The smallest absolute Gasteiger partial charge is 0.326 e. The predicted molar refractivity (Wildman–Crippen MR) is 109 cm³/mol. The van der Waals surface area contributed by atoms with Crippen LogP contribution in [0.1, 0.15) is 45.1 Å². The summed E-state index contributed by atoms with van der Waals surface area (Å²) in [6.07, 6.45) is 1.85. The van der Waals surface area contributed by atoms with Crippen LogP contribution in [0, 0.1) is 0 Å². The van der Waals surface area contributed by atoms with Gasteiger partial charge in [0.2, 0.25) is 11.8 Å². The lowest BCUT2D eigenvalue weighted by molar-refractivity contribution is -0.149. The summed E-state index contributed by atoms with van der Waals surface area (Å²) in [6.45, 7) is 5.68. The Balaban J connectivity index is 1.34. The lowest BCUT2D eigenvalue weighted by Crippen LogP contribution is -2.48. The average Bonchev–Trinajstić information content (AvgIpc) is 3.10. The second-order valence-corrected chi connectivity index (χ2v) is 8.39. The first-order chi connectivity index (χ1) is 14.3. The Morgan fingerprint density at radius 1 is 1.23 bits per heavy atom. The van der Waals surface area contributed by atoms with Crippen molar-refractivity contribution in [2.75, 3.05) is 26.4 Å². The number of amides is 2. The fourth-order valence-corrected chi connectivity index (χ4v) is 3.95. The van der Waals surface area contributed by atoms with Crippen molar-refractivity contribution < 1.29 is 29.0 Å². The summed E-state index contributed by atoms with van der Waals surface area (Å²) in [5.74, 6) is -0.859. The van der Waals surface area contributed by atoms with Gasteiger partial charge in [-0.05, 0) is 43.9 Å². The predicted octanol–water partition coefficient (Wildman–Crippen LogP) is 1.71. The summed E-state index contributed by atoms with van der Waals surface area (Å²) in [6, 6.07) is 7.00. The first-order valence-electron chi connectivity index (χ1n) is 10.4. The molecule has 0 saturated carbocycles. The molecule has 0 bridgehead atoms. The Morgan fingerprint density at radius 3 is 2.53 bits per heavy atom. The van der Waals surface area contributed by atoms with Gasteiger partial charge in [0.1, 0.15) is 11.8 Å². The van der Waals surface area contributed by atoms with Crippen LogP contribution in [0.2, 0.25) is 0 Å². The van der Waals surface area contributed by atoms with Gasteiger partial charge in [0.25, 0.3) is 0 Å². The van der Waals surface area contributed by atoms with Crippen LogP contribution in [0.25, 0.3) is 0 Å². The Kier molecular flexibility index (Phi) is 6.97.